The van der Waals surface area contributed by atoms with Gasteiger partial charge in [-0.3, -0.25) is 9.59 Å². The maximum Gasteiger partial charge on any atom is 0.238 e. The zero-order valence-corrected chi connectivity index (χ0v) is 9.98. The Kier molecular flexibility index (Phi) is 1.93. The van der Waals surface area contributed by atoms with E-state index in [9.17, 15) is 14.0 Å². The zero-order chi connectivity index (χ0) is 13.2. The van der Waals surface area contributed by atoms with Gasteiger partial charge in [0.2, 0.25) is 11.8 Å². The second-order valence-corrected chi connectivity index (χ2v) is 5.42. The van der Waals surface area contributed by atoms with Crippen LogP contribution < -0.4 is 4.90 Å². The highest BCUT2D eigenvalue weighted by atomic mass is 19.1. The average Bonchev–Trinajstić information content (AvgIpc) is 2.74. The van der Waals surface area contributed by atoms with Crippen molar-refractivity contribution in [1.82, 2.24) is 0 Å². The smallest absolute Gasteiger partial charge is 0.238 e. The minimum Gasteiger partial charge on any atom is -0.505 e. The van der Waals surface area contributed by atoms with Gasteiger partial charge in [-0.2, -0.15) is 0 Å². The number of carbonyl (C=O) groups excluding carboxylic acids is 2. The molecule has 18 heavy (non-hydrogen) atoms. The van der Waals surface area contributed by atoms with Crippen LogP contribution in [0.25, 0.3) is 0 Å². The lowest BCUT2D eigenvalue weighted by molar-refractivity contribution is -0.125. The minimum absolute atomic E-state index is 0.184. The highest BCUT2D eigenvalue weighted by Crippen LogP contribution is 2.63. The number of anilines is 1. The number of hydrogen-bond donors (Lipinski definition) is 1. The van der Waals surface area contributed by atoms with Crippen molar-refractivity contribution in [3.8, 4) is 5.75 Å². The SMILES string of the molecule is CC1(C)C2C(=O)N(c3ccc(O)c(F)c3)C(=O)C21. The standard InChI is InChI=1S/C13H12FNO3/c1-13(2)9-10(13)12(18)15(11(9)17)6-3-4-8(16)7(14)5-6/h3-5,9-10,16H,1-2H3. The summed E-state index contributed by atoms with van der Waals surface area (Å²) < 4.78 is 13.2. The molecule has 2 fully saturated rings. The quantitative estimate of drug-likeness (QED) is 0.770. The molecule has 1 heterocycles. The molecular weight excluding hydrogens is 237 g/mol. The predicted octanol–water partition coefficient (Wildman–Crippen LogP) is 1.68. The number of fused-ring (bicyclic) bond motifs is 1. The number of benzene rings is 1. The fraction of sp³-hybridized carbons (Fsp3) is 0.385. The molecule has 1 aliphatic heterocycles. The molecule has 0 aromatic heterocycles. The second-order valence-electron chi connectivity index (χ2n) is 5.42. The number of hydrogen-bond acceptors (Lipinski definition) is 3. The second kappa shape index (κ2) is 3.10. The molecule has 2 aliphatic rings. The van der Waals surface area contributed by atoms with Crippen molar-refractivity contribution < 1.29 is 19.1 Å². The maximum absolute atomic E-state index is 13.2. The van der Waals surface area contributed by atoms with E-state index in [1.165, 1.54) is 6.07 Å². The number of nitrogens with zero attached hydrogens (tertiary/aromatic N) is 1. The molecule has 2 amide bonds. The van der Waals surface area contributed by atoms with Crippen LogP contribution in [0.2, 0.25) is 0 Å². The summed E-state index contributed by atoms with van der Waals surface area (Å²) in [4.78, 5) is 25.2. The first-order chi connectivity index (χ1) is 8.35. The minimum atomic E-state index is -0.840. The summed E-state index contributed by atoms with van der Waals surface area (Å²) in [6, 6.07) is 3.51. The van der Waals surface area contributed by atoms with Crippen LogP contribution in [0.5, 0.6) is 5.75 Å². The fourth-order valence-corrected chi connectivity index (χ4v) is 2.84. The van der Waals surface area contributed by atoms with Crippen LogP contribution in [0.4, 0.5) is 10.1 Å². The van der Waals surface area contributed by atoms with Crippen molar-refractivity contribution in [3.05, 3.63) is 24.0 Å². The summed E-state index contributed by atoms with van der Waals surface area (Å²) >= 11 is 0. The largest absolute Gasteiger partial charge is 0.505 e. The van der Waals surface area contributed by atoms with Crippen LogP contribution in [0.15, 0.2) is 18.2 Å². The molecule has 1 aliphatic carbocycles. The summed E-state index contributed by atoms with van der Waals surface area (Å²) in [5, 5.41) is 9.10. The van der Waals surface area contributed by atoms with Gasteiger partial charge in [0.1, 0.15) is 0 Å². The molecule has 2 unspecified atom stereocenters. The third-order valence-corrected chi connectivity index (χ3v) is 3.99. The van der Waals surface area contributed by atoms with Crippen LogP contribution in [-0.2, 0) is 9.59 Å². The van der Waals surface area contributed by atoms with E-state index in [-0.39, 0.29) is 34.8 Å². The van der Waals surface area contributed by atoms with Gasteiger partial charge in [-0.1, -0.05) is 13.8 Å². The maximum atomic E-state index is 13.2. The van der Waals surface area contributed by atoms with E-state index < -0.39 is 11.6 Å². The lowest BCUT2D eigenvalue weighted by atomic mass is 10.1. The summed E-state index contributed by atoms with van der Waals surface area (Å²) in [6.07, 6.45) is 0. The number of imide groups is 1. The molecule has 5 heteroatoms. The molecule has 3 rings (SSSR count). The third kappa shape index (κ3) is 1.19. The number of amides is 2. The number of phenols is 1. The van der Waals surface area contributed by atoms with Gasteiger partial charge in [-0.25, -0.2) is 9.29 Å². The van der Waals surface area contributed by atoms with Gasteiger partial charge < -0.3 is 5.11 Å². The van der Waals surface area contributed by atoms with Gasteiger partial charge in [0.05, 0.1) is 17.5 Å². The lowest BCUT2D eigenvalue weighted by Gasteiger charge is -2.20. The zero-order valence-electron chi connectivity index (χ0n) is 9.98. The van der Waals surface area contributed by atoms with Gasteiger partial charge in [0.15, 0.2) is 11.6 Å². The number of carbonyl (C=O) groups is 2. The molecule has 94 valence electrons. The van der Waals surface area contributed by atoms with E-state index in [0.29, 0.717) is 0 Å². The number of piperidine rings is 1. The summed E-state index contributed by atoms with van der Waals surface area (Å²) in [6.45, 7) is 3.76. The van der Waals surface area contributed by atoms with E-state index in [2.05, 4.69) is 0 Å². The summed E-state index contributed by atoms with van der Waals surface area (Å²) in [7, 11) is 0. The number of rotatable bonds is 1. The highest BCUT2D eigenvalue weighted by molar-refractivity contribution is 6.25. The molecular formula is C13H12FNO3. The van der Waals surface area contributed by atoms with E-state index in [0.717, 1.165) is 17.0 Å². The Morgan fingerprint density at radius 1 is 1.22 bits per heavy atom. The van der Waals surface area contributed by atoms with Crippen molar-refractivity contribution >= 4 is 17.5 Å². The molecule has 1 aromatic carbocycles. The Hall–Kier alpha value is -1.91. The molecule has 1 N–H and O–H groups in total. The first kappa shape index (κ1) is 11.2. The lowest BCUT2D eigenvalue weighted by Crippen LogP contribution is -2.36. The topological polar surface area (TPSA) is 57.6 Å². The van der Waals surface area contributed by atoms with Crippen LogP contribution in [0.1, 0.15) is 13.8 Å². The Balaban J connectivity index is 1.98. The van der Waals surface area contributed by atoms with Crippen LogP contribution in [-0.4, -0.2) is 16.9 Å². The van der Waals surface area contributed by atoms with Crippen molar-refractivity contribution in [2.24, 2.45) is 17.3 Å². The van der Waals surface area contributed by atoms with Crippen LogP contribution in [0, 0.1) is 23.1 Å². The molecule has 1 saturated carbocycles. The molecule has 0 radical (unpaired) electrons. The highest BCUT2D eigenvalue weighted by Gasteiger charge is 2.72. The van der Waals surface area contributed by atoms with Gasteiger partial charge >= 0.3 is 0 Å². The Bertz CT molecular complexity index is 558. The first-order valence-corrected chi connectivity index (χ1v) is 5.72. The van der Waals surface area contributed by atoms with E-state index in [1.807, 2.05) is 13.8 Å². The summed E-state index contributed by atoms with van der Waals surface area (Å²) in [5.41, 5.74) is -0.0940. The van der Waals surface area contributed by atoms with Crippen LogP contribution >= 0.6 is 0 Å². The first-order valence-electron chi connectivity index (χ1n) is 5.72. The number of phenolic OH excluding ortho intramolecular Hbond substituents is 1. The normalized spacial score (nSPS) is 28.5. The van der Waals surface area contributed by atoms with Gasteiger partial charge in [0, 0.05) is 6.07 Å². The summed E-state index contributed by atoms with van der Waals surface area (Å²) in [5.74, 6) is -2.47. The Morgan fingerprint density at radius 3 is 2.28 bits per heavy atom. The third-order valence-electron chi connectivity index (χ3n) is 3.99. The molecule has 0 spiro atoms. The fourth-order valence-electron chi connectivity index (χ4n) is 2.84. The van der Waals surface area contributed by atoms with Crippen molar-refractivity contribution in [2.75, 3.05) is 4.90 Å². The number of aromatic hydroxyl groups is 1. The van der Waals surface area contributed by atoms with Crippen molar-refractivity contribution in [1.29, 1.82) is 0 Å². The van der Waals surface area contributed by atoms with Crippen molar-refractivity contribution in [2.45, 2.75) is 13.8 Å². The Labute approximate surface area is 103 Å². The molecule has 0 bridgehead atoms. The van der Waals surface area contributed by atoms with Crippen LogP contribution in [0.3, 0.4) is 0 Å². The molecule has 2 atom stereocenters. The van der Waals surface area contributed by atoms with E-state index in [4.69, 9.17) is 5.11 Å². The monoisotopic (exact) mass is 249 g/mol. The molecule has 1 aromatic rings. The van der Waals surface area contributed by atoms with E-state index >= 15 is 0 Å². The molecule has 4 nitrogen and oxygen atoms in total. The van der Waals surface area contributed by atoms with Crippen molar-refractivity contribution in [3.63, 3.8) is 0 Å². The predicted molar refractivity (Wildman–Crippen MR) is 61.3 cm³/mol. The Morgan fingerprint density at radius 2 is 1.78 bits per heavy atom. The van der Waals surface area contributed by atoms with Gasteiger partial charge in [-0.15, -0.1) is 0 Å². The van der Waals surface area contributed by atoms with E-state index in [1.54, 1.807) is 0 Å². The average molecular weight is 249 g/mol. The molecule has 1 saturated heterocycles. The number of halogens is 1. The van der Waals surface area contributed by atoms with Gasteiger partial charge in [-0.05, 0) is 17.5 Å². The van der Waals surface area contributed by atoms with Gasteiger partial charge in [0.25, 0.3) is 0 Å².